The van der Waals surface area contributed by atoms with Crippen LogP contribution in [0.4, 0.5) is 0 Å². The average Bonchev–Trinajstić information content (AvgIpc) is 2.54. The van der Waals surface area contributed by atoms with Crippen LogP contribution in [0, 0.1) is 0 Å². The first-order chi connectivity index (χ1) is 11.1. The van der Waals surface area contributed by atoms with E-state index in [2.05, 4.69) is 25.9 Å². The van der Waals surface area contributed by atoms with Gasteiger partial charge in [0.1, 0.15) is 11.5 Å². The lowest BCUT2D eigenvalue weighted by Crippen LogP contribution is -2.09. The molecule has 3 rings (SSSR count). The molecule has 1 aromatic heterocycles. The Labute approximate surface area is 139 Å². The zero-order valence-corrected chi connectivity index (χ0v) is 13.4. The minimum Gasteiger partial charge on any atom is -0.482 e. The molecular formula is C16H11BrN2O4. The Morgan fingerprint density at radius 1 is 1.09 bits per heavy atom. The molecule has 0 saturated heterocycles. The molecule has 1 heterocycles. The highest BCUT2D eigenvalue weighted by molar-refractivity contribution is 9.10. The lowest BCUT2D eigenvalue weighted by molar-refractivity contribution is -0.139. The number of carbonyl (C=O) groups is 1. The maximum atomic E-state index is 10.4. The predicted octanol–water partition coefficient (Wildman–Crippen LogP) is 3.65. The van der Waals surface area contributed by atoms with Gasteiger partial charge in [0, 0.05) is 4.47 Å². The number of carboxylic acids is 1. The van der Waals surface area contributed by atoms with Crippen LogP contribution in [0.1, 0.15) is 0 Å². The number of aliphatic carboxylic acids is 1. The second-order valence-electron chi connectivity index (χ2n) is 4.60. The van der Waals surface area contributed by atoms with Crippen LogP contribution in [-0.2, 0) is 4.79 Å². The number of carboxylic acid groups (broad SMARTS) is 1. The minimum absolute atomic E-state index is 0.370. The van der Waals surface area contributed by atoms with Gasteiger partial charge in [0.15, 0.2) is 6.61 Å². The first-order valence-corrected chi connectivity index (χ1v) is 7.44. The summed E-state index contributed by atoms with van der Waals surface area (Å²) in [6, 6.07) is 12.2. The highest BCUT2D eigenvalue weighted by Gasteiger charge is 2.04. The molecule has 0 aliphatic carbocycles. The average molecular weight is 375 g/mol. The van der Waals surface area contributed by atoms with E-state index in [1.165, 1.54) is 0 Å². The minimum atomic E-state index is -1.03. The Morgan fingerprint density at radius 2 is 1.83 bits per heavy atom. The lowest BCUT2D eigenvalue weighted by Gasteiger charge is -2.07. The van der Waals surface area contributed by atoms with Gasteiger partial charge in [-0.15, -0.1) is 0 Å². The third-order valence-electron chi connectivity index (χ3n) is 2.89. The van der Waals surface area contributed by atoms with Crippen LogP contribution in [0.2, 0.25) is 0 Å². The van der Waals surface area contributed by atoms with Crippen LogP contribution in [0.25, 0.3) is 11.0 Å². The number of hydrogen-bond acceptors (Lipinski definition) is 5. The highest BCUT2D eigenvalue weighted by Crippen LogP contribution is 2.24. The molecule has 3 aromatic rings. The molecule has 23 heavy (non-hydrogen) atoms. The van der Waals surface area contributed by atoms with Crippen LogP contribution >= 0.6 is 15.9 Å². The van der Waals surface area contributed by atoms with Crippen molar-refractivity contribution in [2.45, 2.75) is 0 Å². The zero-order chi connectivity index (χ0) is 16.2. The highest BCUT2D eigenvalue weighted by atomic mass is 79.9. The molecule has 0 spiro atoms. The van der Waals surface area contributed by atoms with Crippen molar-refractivity contribution in [3.63, 3.8) is 0 Å². The summed E-state index contributed by atoms with van der Waals surface area (Å²) in [6.45, 7) is -0.384. The topological polar surface area (TPSA) is 81.5 Å². The van der Waals surface area contributed by atoms with Crippen molar-refractivity contribution < 1.29 is 19.4 Å². The Bertz CT molecular complexity index is 852. The van der Waals surface area contributed by atoms with Crippen molar-refractivity contribution in [1.29, 1.82) is 0 Å². The number of aromatic nitrogens is 2. The van der Waals surface area contributed by atoms with E-state index in [9.17, 15) is 4.79 Å². The predicted molar refractivity (Wildman–Crippen MR) is 86.9 cm³/mol. The van der Waals surface area contributed by atoms with Crippen LogP contribution < -0.4 is 9.47 Å². The molecule has 0 radical (unpaired) electrons. The normalized spacial score (nSPS) is 10.5. The SMILES string of the molecule is O=C(O)COc1ccc(Oc2cnc3ccc(Br)cc3n2)cc1. The Morgan fingerprint density at radius 3 is 2.57 bits per heavy atom. The van der Waals surface area contributed by atoms with E-state index in [0.29, 0.717) is 17.4 Å². The van der Waals surface area contributed by atoms with Gasteiger partial charge < -0.3 is 14.6 Å². The second kappa shape index (κ2) is 6.62. The number of rotatable bonds is 5. The van der Waals surface area contributed by atoms with E-state index in [0.717, 1.165) is 15.5 Å². The molecule has 1 N–H and O–H groups in total. The van der Waals surface area contributed by atoms with Gasteiger partial charge >= 0.3 is 5.97 Å². The molecule has 0 unspecified atom stereocenters. The number of nitrogens with zero attached hydrogens (tertiary/aromatic N) is 2. The van der Waals surface area contributed by atoms with Gasteiger partial charge in [-0.2, -0.15) is 0 Å². The van der Waals surface area contributed by atoms with Gasteiger partial charge in [0.05, 0.1) is 17.2 Å². The fraction of sp³-hybridized carbons (Fsp3) is 0.0625. The number of fused-ring (bicyclic) bond motifs is 1. The number of halogens is 1. The van der Waals surface area contributed by atoms with Gasteiger partial charge in [-0.25, -0.2) is 14.8 Å². The van der Waals surface area contributed by atoms with Gasteiger partial charge in [-0.3, -0.25) is 0 Å². The van der Waals surface area contributed by atoms with E-state index >= 15 is 0 Å². The number of ether oxygens (including phenoxy) is 2. The number of hydrogen-bond donors (Lipinski definition) is 1. The van der Waals surface area contributed by atoms with Gasteiger partial charge in [0.2, 0.25) is 5.88 Å². The van der Waals surface area contributed by atoms with Crippen LogP contribution in [0.15, 0.2) is 53.1 Å². The maximum Gasteiger partial charge on any atom is 0.341 e. The van der Waals surface area contributed by atoms with Crippen molar-refractivity contribution in [1.82, 2.24) is 9.97 Å². The standard InChI is InChI=1S/C16H11BrN2O4/c17-10-1-6-13-14(7-10)19-15(8-18-13)23-12-4-2-11(3-5-12)22-9-16(20)21/h1-8H,9H2,(H,20,21). The molecule has 0 atom stereocenters. The fourth-order valence-electron chi connectivity index (χ4n) is 1.89. The van der Waals surface area contributed by atoms with Crippen molar-refractivity contribution in [3.8, 4) is 17.4 Å². The Kier molecular flexibility index (Phi) is 4.38. The Balaban J connectivity index is 1.75. The Hall–Kier alpha value is -2.67. The third kappa shape index (κ3) is 3.95. The van der Waals surface area contributed by atoms with Gasteiger partial charge in [0.25, 0.3) is 0 Å². The monoisotopic (exact) mass is 374 g/mol. The van der Waals surface area contributed by atoms with E-state index < -0.39 is 5.97 Å². The summed E-state index contributed by atoms with van der Waals surface area (Å²) in [6.07, 6.45) is 1.55. The molecular weight excluding hydrogens is 364 g/mol. The zero-order valence-electron chi connectivity index (χ0n) is 11.8. The van der Waals surface area contributed by atoms with Crippen LogP contribution in [0.5, 0.6) is 17.4 Å². The third-order valence-corrected chi connectivity index (χ3v) is 3.38. The van der Waals surface area contributed by atoms with E-state index in [4.69, 9.17) is 14.6 Å². The van der Waals surface area contributed by atoms with Crippen LogP contribution in [0.3, 0.4) is 0 Å². The molecule has 0 amide bonds. The first-order valence-electron chi connectivity index (χ1n) is 6.65. The van der Waals surface area contributed by atoms with Crippen molar-refractivity contribution in [2.24, 2.45) is 0 Å². The van der Waals surface area contributed by atoms with Crippen LogP contribution in [-0.4, -0.2) is 27.7 Å². The van der Waals surface area contributed by atoms with Gasteiger partial charge in [-0.1, -0.05) is 15.9 Å². The quantitative estimate of drug-likeness (QED) is 0.733. The molecule has 0 aliphatic heterocycles. The lowest BCUT2D eigenvalue weighted by atomic mass is 10.3. The van der Waals surface area contributed by atoms with Crippen molar-refractivity contribution in [2.75, 3.05) is 6.61 Å². The molecule has 2 aromatic carbocycles. The smallest absolute Gasteiger partial charge is 0.341 e. The summed E-state index contributed by atoms with van der Waals surface area (Å²) >= 11 is 3.39. The summed E-state index contributed by atoms with van der Waals surface area (Å²) < 4.78 is 11.6. The molecule has 0 fully saturated rings. The van der Waals surface area contributed by atoms with E-state index in [1.807, 2.05) is 18.2 Å². The summed E-state index contributed by atoms with van der Waals surface area (Å²) in [5, 5.41) is 8.56. The first kappa shape index (κ1) is 15.2. The maximum absolute atomic E-state index is 10.4. The van der Waals surface area contributed by atoms with E-state index in [-0.39, 0.29) is 6.61 Å². The molecule has 0 aliphatic rings. The molecule has 6 nitrogen and oxygen atoms in total. The largest absolute Gasteiger partial charge is 0.482 e. The van der Waals surface area contributed by atoms with Crippen molar-refractivity contribution >= 4 is 32.9 Å². The fourth-order valence-corrected chi connectivity index (χ4v) is 2.24. The second-order valence-corrected chi connectivity index (χ2v) is 5.51. The summed E-state index contributed by atoms with van der Waals surface area (Å²) in [4.78, 5) is 19.1. The van der Waals surface area contributed by atoms with Crippen molar-refractivity contribution in [3.05, 3.63) is 53.1 Å². The molecule has 116 valence electrons. The molecule has 0 bridgehead atoms. The summed E-state index contributed by atoms with van der Waals surface area (Å²) in [5.74, 6) is 0.349. The summed E-state index contributed by atoms with van der Waals surface area (Å²) in [7, 11) is 0. The van der Waals surface area contributed by atoms with Gasteiger partial charge in [-0.05, 0) is 42.5 Å². The number of benzene rings is 2. The molecule has 0 saturated carbocycles. The van der Waals surface area contributed by atoms with E-state index in [1.54, 1.807) is 30.5 Å². The summed E-state index contributed by atoms with van der Waals surface area (Å²) in [5.41, 5.74) is 1.50. The molecule has 7 heteroatoms.